The summed E-state index contributed by atoms with van der Waals surface area (Å²) in [7, 11) is -3.39. The number of anilines is 1. The molecule has 9 nitrogen and oxygen atoms in total. The van der Waals surface area contributed by atoms with E-state index in [1.807, 2.05) is 48.5 Å². The molecule has 1 fully saturated rings. The Balaban J connectivity index is 1.45. The highest BCUT2D eigenvalue weighted by molar-refractivity contribution is 7.92. The molecule has 0 atom stereocenters. The summed E-state index contributed by atoms with van der Waals surface area (Å²) < 4.78 is 26.7. The van der Waals surface area contributed by atoms with Gasteiger partial charge < -0.3 is 5.73 Å². The number of nitrogens with two attached hydrogens (primary N) is 2. The van der Waals surface area contributed by atoms with Crippen molar-refractivity contribution >= 4 is 32.8 Å². The van der Waals surface area contributed by atoms with E-state index >= 15 is 0 Å². The predicted octanol–water partition coefficient (Wildman–Crippen LogP) is 2.56. The highest BCUT2D eigenvalue weighted by Gasteiger charge is 2.24. The second kappa shape index (κ2) is 10.2. The topological polar surface area (TPSA) is 127 Å². The first-order valence-electron chi connectivity index (χ1n) is 12.0. The van der Waals surface area contributed by atoms with Crippen molar-refractivity contribution in [3.63, 3.8) is 0 Å². The SMILES string of the molecule is C=CS(=O)(=O)N1CCN(Cc2c#cc(-c3nc4cc[n+](C(N)=O)c(N)c4cc3-c3ccccc3)cc2)CC1. The third-order valence-corrected chi connectivity index (χ3v) is 8.16. The maximum Gasteiger partial charge on any atom is 0.438 e. The normalized spacial score (nSPS) is 14.7. The number of sulfonamides is 1. The zero-order chi connectivity index (χ0) is 26.9. The number of nitrogens with zero attached hydrogens (tertiary/aromatic N) is 4. The Labute approximate surface area is 221 Å². The Hall–Kier alpha value is -4.30. The number of primary amides is 1. The number of fused-ring (bicyclic) bond motifs is 1. The van der Waals surface area contributed by atoms with Crippen LogP contribution in [0.3, 0.4) is 0 Å². The van der Waals surface area contributed by atoms with Gasteiger partial charge in [0.15, 0.2) is 0 Å². The Morgan fingerprint density at radius 1 is 1.08 bits per heavy atom. The molecule has 1 aliphatic rings. The summed E-state index contributed by atoms with van der Waals surface area (Å²) in [6.07, 6.45) is 1.51. The molecule has 1 saturated heterocycles. The fourth-order valence-electron chi connectivity index (χ4n) is 4.58. The highest BCUT2D eigenvalue weighted by atomic mass is 32.2. The van der Waals surface area contributed by atoms with Crippen LogP contribution in [-0.4, -0.2) is 54.8 Å². The number of carbonyl (C=O) groups excluding carboxylic acids is 1. The second-order valence-electron chi connectivity index (χ2n) is 9.00. The lowest BCUT2D eigenvalue weighted by atomic mass is 9.98. The third kappa shape index (κ3) is 4.95. The van der Waals surface area contributed by atoms with Gasteiger partial charge in [-0.2, -0.15) is 8.87 Å². The third-order valence-electron chi connectivity index (χ3n) is 6.65. The fraction of sp³-hybridized carbons (Fsp3) is 0.179. The van der Waals surface area contributed by atoms with Gasteiger partial charge in [0.2, 0.25) is 15.8 Å². The van der Waals surface area contributed by atoms with Crippen LogP contribution >= 0.6 is 0 Å². The van der Waals surface area contributed by atoms with Gasteiger partial charge in [-0.15, -0.1) is 0 Å². The maximum atomic E-state index is 12.0. The number of piperazine rings is 1. The average molecular weight is 528 g/mol. The number of rotatable bonds is 6. The Morgan fingerprint density at radius 3 is 2.45 bits per heavy atom. The van der Waals surface area contributed by atoms with Crippen LogP contribution in [0.2, 0.25) is 0 Å². The molecule has 4 aromatic rings. The number of aromatic nitrogens is 2. The van der Waals surface area contributed by atoms with Crippen LogP contribution in [0.25, 0.3) is 33.3 Å². The summed E-state index contributed by atoms with van der Waals surface area (Å²) >= 11 is 0. The molecule has 4 N–H and O–H groups in total. The minimum atomic E-state index is -3.39. The van der Waals surface area contributed by atoms with Crippen molar-refractivity contribution in [1.82, 2.24) is 14.2 Å². The summed E-state index contributed by atoms with van der Waals surface area (Å²) in [6.45, 7) is 6.14. The van der Waals surface area contributed by atoms with Crippen LogP contribution in [-0.2, 0) is 16.6 Å². The number of amides is 1. The molecule has 0 saturated carbocycles. The molecule has 1 aliphatic heterocycles. The molecular formula is C28H27N6O3S+. The van der Waals surface area contributed by atoms with E-state index in [1.54, 1.807) is 6.07 Å². The number of benzene rings is 1. The van der Waals surface area contributed by atoms with Crippen LogP contribution in [0.4, 0.5) is 10.6 Å². The molecule has 0 unspecified atom stereocenters. The zero-order valence-electron chi connectivity index (χ0n) is 20.7. The fourth-order valence-corrected chi connectivity index (χ4v) is 5.47. The molecule has 192 valence electrons. The van der Waals surface area contributed by atoms with Crippen molar-refractivity contribution in [2.75, 3.05) is 31.9 Å². The van der Waals surface area contributed by atoms with Crippen molar-refractivity contribution in [1.29, 1.82) is 0 Å². The molecule has 10 heteroatoms. The van der Waals surface area contributed by atoms with Crippen LogP contribution in [0.1, 0.15) is 5.56 Å². The number of nitrogen functional groups attached to an aromatic ring is 1. The number of pyridine rings is 2. The van der Waals surface area contributed by atoms with E-state index in [-0.39, 0.29) is 5.82 Å². The minimum Gasteiger partial charge on any atom is -0.318 e. The second-order valence-corrected chi connectivity index (χ2v) is 10.9. The molecule has 38 heavy (non-hydrogen) atoms. The van der Waals surface area contributed by atoms with Crippen LogP contribution < -0.4 is 16.0 Å². The van der Waals surface area contributed by atoms with Gasteiger partial charge in [-0.3, -0.25) is 10.6 Å². The smallest absolute Gasteiger partial charge is 0.318 e. The Kier molecular flexibility index (Phi) is 6.82. The van der Waals surface area contributed by atoms with Gasteiger partial charge >= 0.3 is 6.03 Å². The Morgan fingerprint density at radius 2 is 1.82 bits per heavy atom. The lowest BCUT2D eigenvalue weighted by Gasteiger charge is -2.32. The van der Waals surface area contributed by atoms with E-state index in [2.05, 4.69) is 23.6 Å². The molecule has 0 aliphatic carbocycles. The maximum absolute atomic E-state index is 12.0. The van der Waals surface area contributed by atoms with Crippen LogP contribution in [0.5, 0.6) is 0 Å². The zero-order valence-corrected chi connectivity index (χ0v) is 21.5. The standard InChI is InChI=1S/C28H26N6O3S/c1-2-38(36,37)33-16-14-32(15-17-33)19-20-8-10-22(11-9-20)26-23(21-6-4-3-5-7-21)18-24-25(31-26)12-13-34(27(24)29)28(30)35/h2-8,10,12-13,18,29H,1,14-17,19H2,(H2,30,35)/p+1. The monoisotopic (exact) mass is 527 g/mol. The number of hydrogen-bond donors (Lipinski definition) is 2. The Bertz CT molecular complexity index is 1610. The van der Waals surface area contributed by atoms with Crippen LogP contribution in [0, 0.1) is 12.1 Å². The summed E-state index contributed by atoms with van der Waals surface area (Å²) in [5.74, 6) is 0.220. The van der Waals surface area contributed by atoms with Crippen molar-refractivity contribution in [2.24, 2.45) is 5.73 Å². The highest BCUT2D eigenvalue weighted by Crippen LogP contribution is 2.33. The van der Waals surface area contributed by atoms with Gasteiger partial charge in [-0.05, 0) is 29.8 Å². The van der Waals surface area contributed by atoms with Crippen molar-refractivity contribution in [3.05, 3.63) is 90.5 Å². The van der Waals surface area contributed by atoms with Crippen LogP contribution in [0.15, 0.2) is 72.8 Å². The molecule has 2 aromatic heterocycles. The summed E-state index contributed by atoms with van der Waals surface area (Å²) in [6, 6.07) is 23.2. The van der Waals surface area contributed by atoms with Gasteiger partial charge in [-0.1, -0.05) is 49.0 Å². The summed E-state index contributed by atoms with van der Waals surface area (Å²) in [5, 5.41) is 1.62. The first-order chi connectivity index (χ1) is 18.3. The molecule has 0 bridgehead atoms. The van der Waals surface area contributed by atoms with Gasteiger partial charge in [0.05, 0.1) is 28.4 Å². The molecule has 1 amide bonds. The van der Waals surface area contributed by atoms with Gasteiger partial charge in [0.1, 0.15) is 0 Å². The van der Waals surface area contributed by atoms with Gasteiger partial charge in [0.25, 0.3) is 0 Å². The van der Waals surface area contributed by atoms with E-state index < -0.39 is 16.1 Å². The summed E-state index contributed by atoms with van der Waals surface area (Å²) in [5.41, 5.74) is 16.6. The van der Waals surface area contributed by atoms with Crippen molar-refractivity contribution in [3.8, 4) is 22.4 Å². The first-order valence-corrected chi connectivity index (χ1v) is 13.6. The van der Waals surface area contributed by atoms with E-state index in [0.717, 1.165) is 27.7 Å². The summed E-state index contributed by atoms with van der Waals surface area (Å²) in [4.78, 5) is 18.9. The quantitative estimate of drug-likeness (QED) is 0.371. The lowest BCUT2D eigenvalue weighted by molar-refractivity contribution is -0.552. The minimum absolute atomic E-state index is 0.220. The van der Waals surface area contributed by atoms with Crippen molar-refractivity contribution < 1.29 is 17.8 Å². The number of hydrogen-bond acceptors (Lipinski definition) is 6. The lowest BCUT2D eigenvalue weighted by Crippen LogP contribution is -2.49. The molecule has 0 radical (unpaired) electrons. The van der Waals surface area contributed by atoms with E-state index in [4.69, 9.17) is 16.5 Å². The van der Waals surface area contributed by atoms with Gasteiger partial charge in [0, 0.05) is 49.3 Å². The van der Waals surface area contributed by atoms with E-state index in [9.17, 15) is 13.2 Å². The van der Waals surface area contributed by atoms with E-state index in [1.165, 1.54) is 15.1 Å². The molecule has 5 rings (SSSR count). The molecule has 2 aromatic carbocycles. The van der Waals surface area contributed by atoms with E-state index in [0.29, 0.717) is 49.3 Å². The number of carbonyl (C=O) groups is 1. The predicted molar refractivity (Wildman–Crippen MR) is 146 cm³/mol. The molecule has 0 spiro atoms. The first kappa shape index (κ1) is 25.4. The van der Waals surface area contributed by atoms with Gasteiger partial charge in [-0.25, -0.2) is 18.2 Å². The van der Waals surface area contributed by atoms with Crippen molar-refractivity contribution in [2.45, 2.75) is 6.54 Å². The largest absolute Gasteiger partial charge is 0.438 e. The average Bonchev–Trinajstić information content (AvgIpc) is 2.94. The molecule has 3 heterocycles. The molecular weight excluding hydrogens is 500 g/mol.